The quantitative estimate of drug-likeness (QED) is 0.806. The number of rotatable bonds is 4. The van der Waals surface area contributed by atoms with Crippen LogP contribution in [0.5, 0.6) is 0 Å². The normalized spacial score (nSPS) is 25.4. The third kappa shape index (κ3) is 3.71. The van der Waals surface area contributed by atoms with Gasteiger partial charge in [-0.05, 0) is 40.5 Å². The van der Waals surface area contributed by atoms with Gasteiger partial charge in [0.1, 0.15) is 5.54 Å². The Kier molecular flexibility index (Phi) is 5.52. The lowest BCUT2D eigenvalue weighted by atomic mass is 9.85. The number of anilines is 1. The minimum absolute atomic E-state index is 0.0566. The van der Waals surface area contributed by atoms with Gasteiger partial charge >= 0.3 is 5.97 Å². The lowest BCUT2D eigenvalue weighted by Gasteiger charge is -2.39. The van der Waals surface area contributed by atoms with Gasteiger partial charge in [0.2, 0.25) is 0 Å². The van der Waals surface area contributed by atoms with Gasteiger partial charge < -0.3 is 14.8 Å². The van der Waals surface area contributed by atoms with Crippen LogP contribution in [0.3, 0.4) is 0 Å². The lowest BCUT2D eigenvalue weighted by molar-refractivity contribution is -0.151. The Hall–Kier alpha value is -0.780. The molecule has 1 aromatic carbocycles. The molecule has 0 aromatic heterocycles. The summed E-state index contributed by atoms with van der Waals surface area (Å²) in [6.45, 7) is 2.59. The van der Waals surface area contributed by atoms with Gasteiger partial charge in [-0.2, -0.15) is 0 Å². The van der Waals surface area contributed by atoms with Crippen LogP contribution in [-0.2, 0) is 14.3 Å². The van der Waals surface area contributed by atoms with Gasteiger partial charge in [-0.15, -0.1) is 0 Å². The Balaban J connectivity index is 2.27. The number of hydrogen-bond donors (Lipinski definition) is 1. The Morgan fingerprint density at radius 2 is 2.38 bits per heavy atom. The van der Waals surface area contributed by atoms with E-state index in [9.17, 15) is 4.79 Å². The molecule has 0 saturated carbocycles. The molecule has 1 heterocycles. The van der Waals surface area contributed by atoms with Crippen LogP contribution in [0.2, 0.25) is 5.02 Å². The molecule has 2 atom stereocenters. The zero-order valence-electron chi connectivity index (χ0n) is 12.1. The molecule has 1 aliphatic rings. The van der Waals surface area contributed by atoms with Crippen LogP contribution in [0.4, 0.5) is 5.69 Å². The fourth-order valence-corrected chi connectivity index (χ4v) is 3.10. The maximum atomic E-state index is 12.3. The molecule has 0 aliphatic carbocycles. The molecule has 21 heavy (non-hydrogen) atoms. The minimum Gasteiger partial charge on any atom is -0.467 e. The van der Waals surface area contributed by atoms with E-state index in [1.54, 1.807) is 6.07 Å². The predicted molar refractivity (Wildman–Crippen MR) is 86.8 cm³/mol. The van der Waals surface area contributed by atoms with Crippen molar-refractivity contribution in [2.24, 2.45) is 0 Å². The first-order chi connectivity index (χ1) is 10.0. The molecule has 0 bridgehead atoms. The Bertz CT molecular complexity index is 526. The number of methoxy groups -OCH3 is 1. The van der Waals surface area contributed by atoms with Crippen LogP contribution in [0.25, 0.3) is 0 Å². The number of nitrogens with one attached hydrogen (secondary N) is 1. The summed E-state index contributed by atoms with van der Waals surface area (Å²) in [5, 5.41) is 3.96. The van der Waals surface area contributed by atoms with Gasteiger partial charge in [0.25, 0.3) is 0 Å². The predicted octanol–water partition coefficient (Wildman–Crippen LogP) is 4.02. The fraction of sp³-hybridized carbons (Fsp3) is 0.533. The summed E-state index contributed by atoms with van der Waals surface area (Å²) < 4.78 is 11.5. The van der Waals surface area contributed by atoms with E-state index >= 15 is 0 Å². The number of benzene rings is 1. The number of esters is 1. The molecule has 116 valence electrons. The molecule has 1 aliphatic heterocycles. The van der Waals surface area contributed by atoms with Crippen LogP contribution in [0.15, 0.2) is 22.7 Å². The molecule has 2 unspecified atom stereocenters. The zero-order valence-corrected chi connectivity index (χ0v) is 14.5. The molecule has 1 aromatic rings. The summed E-state index contributed by atoms with van der Waals surface area (Å²) in [6, 6.07) is 5.51. The van der Waals surface area contributed by atoms with E-state index in [1.165, 1.54) is 7.11 Å². The van der Waals surface area contributed by atoms with Crippen molar-refractivity contribution in [3.05, 3.63) is 27.7 Å². The lowest BCUT2D eigenvalue weighted by Crippen LogP contribution is -2.53. The highest BCUT2D eigenvalue weighted by Gasteiger charge is 2.44. The second-order valence-corrected chi connectivity index (χ2v) is 6.44. The third-order valence-electron chi connectivity index (χ3n) is 3.79. The van der Waals surface area contributed by atoms with Crippen molar-refractivity contribution in [2.75, 3.05) is 19.0 Å². The second kappa shape index (κ2) is 6.99. The molecule has 0 amide bonds. The number of ether oxygens (including phenoxy) is 2. The van der Waals surface area contributed by atoms with E-state index in [2.05, 4.69) is 28.2 Å². The summed E-state index contributed by atoms with van der Waals surface area (Å²) in [4.78, 5) is 12.3. The van der Waals surface area contributed by atoms with Gasteiger partial charge in [-0.1, -0.05) is 18.5 Å². The van der Waals surface area contributed by atoms with Gasteiger partial charge in [-0.25, -0.2) is 4.79 Å². The summed E-state index contributed by atoms with van der Waals surface area (Å²) in [6.07, 6.45) is 2.10. The first-order valence-corrected chi connectivity index (χ1v) is 8.11. The van der Waals surface area contributed by atoms with Crippen molar-refractivity contribution < 1.29 is 14.3 Å². The van der Waals surface area contributed by atoms with Crippen molar-refractivity contribution in [1.82, 2.24) is 0 Å². The van der Waals surface area contributed by atoms with Crippen molar-refractivity contribution in [2.45, 2.75) is 37.8 Å². The Morgan fingerprint density at radius 3 is 3.00 bits per heavy atom. The van der Waals surface area contributed by atoms with Crippen LogP contribution in [0.1, 0.15) is 26.2 Å². The highest BCUT2D eigenvalue weighted by Crippen LogP contribution is 2.33. The van der Waals surface area contributed by atoms with Gasteiger partial charge in [0, 0.05) is 29.6 Å². The fourth-order valence-electron chi connectivity index (χ4n) is 2.61. The number of hydrogen-bond acceptors (Lipinski definition) is 4. The van der Waals surface area contributed by atoms with Crippen molar-refractivity contribution in [3.63, 3.8) is 0 Å². The minimum atomic E-state index is -0.749. The number of carbonyl (C=O) groups excluding carboxylic acids is 1. The molecule has 0 spiro atoms. The largest absolute Gasteiger partial charge is 0.467 e. The smallest absolute Gasteiger partial charge is 0.331 e. The molecule has 1 saturated heterocycles. The molecule has 4 nitrogen and oxygen atoms in total. The molecular weight excluding hydrogens is 358 g/mol. The van der Waals surface area contributed by atoms with Gasteiger partial charge in [0.15, 0.2) is 0 Å². The summed E-state index contributed by atoms with van der Waals surface area (Å²) in [7, 11) is 1.42. The van der Waals surface area contributed by atoms with E-state index < -0.39 is 5.54 Å². The van der Waals surface area contributed by atoms with E-state index in [4.69, 9.17) is 21.1 Å². The van der Waals surface area contributed by atoms with E-state index in [0.717, 1.165) is 16.6 Å². The zero-order chi connectivity index (χ0) is 15.5. The summed E-state index contributed by atoms with van der Waals surface area (Å²) in [5.41, 5.74) is 0.0782. The van der Waals surface area contributed by atoms with Crippen LogP contribution >= 0.6 is 27.5 Å². The molecular formula is C15H19BrClNO3. The summed E-state index contributed by atoms with van der Waals surface area (Å²) >= 11 is 9.40. The standard InChI is InChI=1S/C15H19BrClNO3/c1-3-11-9-15(6-7-21-11,14(19)20-2)18-10-4-5-13(17)12(16)8-10/h4-5,8,11,18H,3,6-7,9H2,1-2H3. The maximum Gasteiger partial charge on any atom is 0.331 e. The highest BCUT2D eigenvalue weighted by molar-refractivity contribution is 9.10. The topological polar surface area (TPSA) is 47.6 Å². The molecule has 1 fully saturated rings. The number of carbonyl (C=O) groups is 1. The second-order valence-electron chi connectivity index (χ2n) is 5.18. The third-order valence-corrected chi connectivity index (χ3v) is 5.01. The van der Waals surface area contributed by atoms with Crippen LogP contribution in [0, 0.1) is 0 Å². The van der Waals surface area contributed by atoms with E-state index in [1.807, 2.05) is 12.1 Å². The highest BCUT2D eigenvalue weighted by atomic mass is 79.9. The van der Waals surface area contributed by atoms with Crippen molar-refractivity contribution >= 4 is 39.2 Å². The average molecular weight is 377 g/mol. The van der Waals surface area contributed by atoms with Gasteiger partial charge in [0.05, 0.1) is 18.2 Å². The molecule has 1 N–H and O–H groups in total. The maximum absolute atomic E-state index is 12.3. The molecule has 2 rings (SSSR count). The summed E-state index contributed by atoms with van der Waals surface area (Å²) in [5.74, 6) is -0.254. The Labute approximate surface area is 138 Å². The molecule has 0 radical (unpaired) electrons. The number of halogens is 2. The Morgan fingerprint density at radius 1 is 1.62 bits per heavy atom. The molecule has 6 heteroatoms. The SMILES string of the molecule is CCC1CC(Nc2ccc(Cl)c(Br)c2)(C(=O)OC)CCO1. The van der Waals surface area contributed by atoms with E-state index in [-0.39, 0.29) is 12.1 Å². The van der Waals surface area contributed by atoms with Crippen molar-refractivity contribution in [1.29, 1.82) is 0 Å². The monoisotopic (exact) mass is 375 g/mol. The van der Waals surface area contributed by atoms with Crippen molar-refractivity contribution in [3.8, 4) is 0 Å². The van der Waals surface area contributed by atoms with Crippen LogP contribution < -0.4 is 5.32 Å². The van der Waals surface area contributed by atoms with E-state index in [0.29, 0.717) is 24.5 Å². The average Bonchev–Trinajstić information content (AvgIpc) is 2.50. The van der Waals surface area contributed by atoms with Gasteiger partial charge in [-0.3, -0.25) is 0 Å². The first-order valence-electron chi connectivity index (χ1n) is 6.94. The van der Waals surface area contributed by atoms with Crippen LogP contribution in [-0.4, -0.2) is 31.3 Å². The first kappa shape index (κ1) is 16.6.